The Bertz CT molecular complexity index is 426. The highest BCUT2D eigenvalue weighted by molar-refractivity contribution is 7.99. The number of thioether (sulfide) groups is 1. The van der Waals surface area contributed by atoms with Crippen LogP contribution in [-0.2, 0) is 9.53 Å². The molecule has 0 bridgehead atoms. The molecule has 106 valence electrons. The van der Waals surface area contributed by atoms with Crippen LogP contribution in [0.1, 0.15) is 31.9 Å². The van der Waals surface area contributed by atoms with E-state index in [2.05, 4.69) is 10.1 Å². The minimum atomic E-state index is -0.273. The van der Waals surface area contributed by atoms with Crippen molar-refractivity contribution in [1.29, 1.82) is 0 Å². The molecule has 0 aliphatic heterocycles. The average Bonchev–Trinajstić information content (AvgIpc) is 2.40. The van der Waals surface area contributed by atoms with Gasteiger partial charge in [-0.1, -0.05) is 13.0 Å². The van der Waals surface area contributed by atoms with Gasteiger partial charge in [-0.25, -0.2) is 4.39 Å². The van der Waals surface area contributed by atoms with E-state index in [1.165, 1.54) is 18.9 Å². The highest BCUT2D eigenvalue weighted by Gasteiger charge is 2.09. The van der Waals surface area contributed by atoms with Gasteiger partial charge in [0.2, 0.25) is 0 Å². The maximum absolute atomic E-state index is 13.9. The number of methoxy groups -OCH3 is 1. The number of carbonyl (C=O) groups is 1. The normalized spacial score (nSPS) is 12.2. The van der Waals surface area contributed by atoms with Gasteiger partial charge in [0.1, 0.15) is 5.82 Å². The molecule has 19 heavy (non-hydrogen) atoms. The number of halogens is 1. The lowest BCUT2D eigenvalue weighted by Gasteiger charge is -2.13. The maximum Gasteiger partial charge on any atom is 0.306 e. The lowest BCUT2D eigenvalue weighted by Crippen LogP contribution is -2.17. The molecular weight excluding hydrogens is 265 g/mol. The Balaban J connectivity index is 2.59. The summed E-state index contributed by atoms with van der Waals surface area (Å²) in [4.78, 5) is 11.5. The van der Waals surface area contributed by atoms with E-state index in [1.54, 1.807) is 12.1 Å². The Morgan fingerprint density at radius 1 is 1.53 bits per heavy atom. The predicted molar refractivity (Wildman–Crippen MR) is 75.8 cm³/mol. The molecule has 0 radical (unpaired) electrons. The van der Waals surface area contributed by atoms with Crippen molar-refractivity contribution in [3.05, 3.63) is 29.6 Å². The number of esters is 1. The third kappa shape index (κ3) is 5.20. The fraction of sp³-hybridized carbons (Fsp3) is 0.500. The van der Waals surface area contributed by atoms with Gasteiger partial charge in [0, 0.05) is 16.7 Å². The summed E-state index contributed by atoms with van der Waals surface area (Å²) in [6, 6.07) is 5.36. The molecule has 1 aromatic rings. The van der Waals surface area contributed by atoms with Crippen molar-refractivity contribution in [2.24, 2.45) is 0 Å². The van der Waals surface area contributed by atoms with E-state index >= 15 is 0 Å². The molecule has 1 rings (SSSR count). The monoisotopic (exact) mass is 285 g/mol. The van der Waals surface area contributed by atoms with E-state index in [0.29, 0.717) is 10.6 Å². The molecule has 0 saturated heterocycles. The molecule has 3 nitrogen and oxygen atoms in total. The Labute approximate surface area is 117 Å². The van der Waals surface area contributed by atoms with Gasteiger partial charge in [0.25, 0.3) is 0 Å². The predicted octanol–water partition coefficient (Wildman–Crippen LogP) is 3.15. The lowest BCUT2D eigenvalue weighted by molar-refractivity contribution is -0.140. The number of benzene rings is 1. The summed E-state index contributed by atoms with van der Waals surface area (Å²) < 4.78 is 18.4. The number of hydrogen-bond acceptors (Lipinski definition) is 4. The van der Waals surface area contributed by atoms with Crippen molar-refractivity contribution in [3.63, 3.8) is 0 Å². The fourth-order valence-electron chi connectivity index (χ4n) is 1.67. The second kappa shape index (κ2) is 8.17. The van der Waals surface area contributed by atoms with Crippen LogP contribution in [0, 0.1) is 5.82 Å². The summed E-state index contributed by atoms with van der Waals surface area (Å²) in [5.74, 6) is 0.00789. The van der Waals surface area contributed by atoms with Gasteiger partial charge in [-0.3, -0.25) is 4.79 Å². The van der Waals surface area contributed by atoms with Crippen LogP contribution < -0.4 is 5.32 Å². The van der Waals surface area contributed by atoms with Gasteiger partial charge in [-0.05, 0) is 31.2 Å². The molecule has 1 unspecified atom stereocenters. The van der Waals surface area contributed by atoms with Crippen LogP contribution in [0.3, 0.4) is 0 Å². The van der Waals surface area contributed by atoms with Crippen molar-refractivity contribution in [1.82, 2.24) is 5.32 Å². The molecule has 0 fully saturated rings. The zero-order valence-corrected chi connectivity index (χ0v) is 12.3. The summed E-state index contributed by atoms with van der Waals surface area (Å²) in [5.41, 5.74) is 0.927. The molecule has 5 heteroatoms. The number of nitrogens with one attached hydrogen (secondary N) is 1. The van der Waals surface area contributed by atoms with Crippen LogP contribution in [0.4, 0.5) is 4.39 Å². The second-order valence-corrected chi connectivity index (χ2v) is 5.28. The number of rotatable bonds is 7. The standard InChI is InChI=1S/C14H20FNO2S/c1-4-16-10(2)11-5-6-13(12(15)9-11)19-8-7-14(17)18-3/h5-6,9-10,16H,4,7-8H2,1-3H3. The van der Waals surface area contributed by atoms with Crippen LogP contribution in [0.25, 0.3) is 0 Å². The number of ether oxygens (including phenoxy) is 1. The minimum Gasteiger partial charge on any atom is -0.469 e. The molecular formula is C14H20FNO2S. The minimum absolute atomic E-state index is 0.133. The molecule has 0 spiro atoms. The van der Waals surface area contributed by atoms with E-state index in [-0.39, 0.29) is 24.2 Å². The first kappa shape index (κ1) is 16.0. The van der Waals surface area contributed by atoms with Gasteiger partial charge in [-0.15, -0.1) is 11.8 Å². The topological polar surface area (TPSA) is 38.3 Å². The van der Waals surface area contributed by atoms with Gasteiger partial charge >= 0.3 is 5.97 Å². The summed E-state index contributed by atoms with van der Waals surface area (Å²) in [6.45, 7) is 4.87. The summed E-state index contributed by atoms with van der Waals surface area (Å²) in [7, 11) is 1.35. The third-order valence-corrected chi connectivity index (χ3v) is 3.81. The number of hydrogen-bond donors (Lipinski definition) is 1. The molecule has 1 N–H and O–H groups in total. The Morgan fingerprint density at radius 2 is 2.26 bits per heavy atom. The van der Waals surface area contributed by atoms with Crippen LogP contribution in [-0.4, -0.2) is 25.4 Å². The van der Waals surface area contributed by atoms with Crippen molar-refractivity contribution in [2.75, 3.05) is 19.4 Å². The average molecular weight is 285 g/mol. The quantitative estimate of drug-likeness (QED) is 0.617. The molecule has 0 saturated carbocycles. The Hall–Kier alpha value is -1.07. The van der Waals surface area contributed by atoms with Gasteiger partial charge in [0.05, 0.1) is 13.5 Å². The van der Waals surface area contributed by atoms with E-state index in [1.807, 2.05) is 19.9 Å². The van der Waals surface area contributed by atoms with E-state index in [4.69, 9.17) is 0 Å². The maximum atomic E-state index is 13.9. The van der Waals surface area contributed by atoms with Crippen molar-refractivity contribution in [3.8, 4) is 0 Å². The lowest BCUT2D eigenvalue weighted by atomic mass is 10.1. The zero-order valence-electron chi connectivity index (χ0n) is 11.5. The largest absolute Gasteiger partial charge is 0.469 e. The molecule has 1 aromatic carbocycles. The third-order valence-electron chi connectivity index (χ3n) is 2.76. The summed E-state index contributed by atoms with van der Waals surface area (Å²) in [5, 5.41) is 3.24. The van der Waals surface area contributed by atoms with Crippen molar-refractivity contribution >= 4 is 17.7 Å². The molecule has 0 aliphatic carbocycles. The van der Waals surface area contributed by atoms with E-state index in [0.717, 1.165) is 12.1 Å². The number of carbonyl (C=O) groups excluding carboxylic acids is 1. The van der Waals surface area contributed by atoms with E-state index < -0.39 is 0 Å². The van der Waals surface area contributed by atoms with Crippen LogP contribution in [0.15, 0.2) is 23.1 Å². The van der Waals surface area contributed by atoms with Gasteiger partial charge in [-0.2, -0.15) is 0 Å². The zero-order chi connectivity index (χ0) is 14.3. The SMILES string of the molecule is CCNC(C)c1ccc(SCCC(=O)OC)c(F)c1. The fourth-order valence-corrected chi connectivity index (χ4v) is 2.52. The Morgan fingerprint density at radius 3 is 2.84 bits per heavy atom. The van der Waals surface area contributed by atoms with Gasteiger partial charge in [0.15, 0.2) is 0 Å². The van der Waals surface area contributed by atoms with Crippen LogP contribution in [0.5, 0.6) is 0 Å². The molecule has 0 heterocycles. The van der Waals surface area contributed by atoms with Crippen LogP contribution in [0.2, 0.25) is 0 Å². The smallest absolute Gasteiger partial charge is 0.306 e. The van der Waals surface area contributed by atoms with Crippen molar-refractivity contribution in [2.45, 2.75) is 31.2 Å². The van der Waals surface area contributed by atoms with Crippen molar-refractivity contribution < 1.29 is 13.9 Å². The second-order valence-electron chi connectivity index (χ2n) is 4.14. The summed E-state index contributed by atoms with van der Waals surface area (Å²) in [6.07, 6.45) is 0.288. The molecule has 0 aromatic heterocycles. The first-order chi connectivity index (χ1) is 9.08. The Kier molecular flexibility index (Phi) is 6.87. The molecule has 0 aliphatic rings. The molecule has 1 atom stereocenters. The highest BCUT2D eigenvalue weighted by atomic mass is 32.2. The first-order valence-electron chi connectivity index (χ1n) is 6.31. The van der Waals surface area contributed by atoms with E-state index in [9.17, 15) is 9.18 Å². The highest BCUT2D eigenvalue weighted by Crippen LogP contribution is 2.25. The summed E-state index contributed by atoms with van der Waals surface area (Å²) >= 11 is 1.33. The molecule has 0 amide bonds. The first-order valence-corrected chi connectivity index (χ1v) is 7.29. The van der Waals surface area contributed by atoms with Gasteiger partial charge < -0.3 is 10.1 Å². The van der Waals surface area contributed by atoms with Crippen LogP contribution >= 0.6 is 11.8 Å².